The van der Waals surface area contributed by atoms with Crippen molar-refractivity contribution < 1.29 is 4.74 Å². The molecule has 2 rings (SSSR count). The van der Waals surface area contributed by atoms with Gasteiger partial charge in [-0.2, -0.15) is 0 Å². The van der Waals surface area contributed by atoms with Crippen LogP contribution in [0.1, 0.15) is 11.3 Å². The van der Waals surface area contributed by atoms with E-state index in [1.165, 1.54) is 5.56 Å². The number of thiocarbonyl (C=S) groups is 1. The number of anilines is 1. The van der Waals surface area contributed by atoms with Crippen LogP contribution in [0.15, 0.2) is 42.6 Å². The molecule has 0 unspecified atom stereocenters. The van der Waals surface area contributed by atoms with E-state index in [0.29, 0.717) is 10.7 Å². The van der Waals surface area contributed by atoms with Crippen molar-refractivity contribution >= 4 is 22.9 Å². The van der Waals surface area contributed by atoms with Crippen LogP contribution >= 0.6 is 12.2 Å². The minimum atomic E-state index is 0.312. The van der Waals surface area contributed by atoms with Crippen molar-refractivity contribution in [2.24, 2.45) is 5.73 Å². The van der Waals surface area contributed by atoms with Gasteiger partial charge in [-0.05, 0) is 29.8 Å². The van der Waals surface area contributed by atoms with Gasteiger partial charge in [-0.3, -0.25) is 4.98 Å². The summed E-state index contributed by atoms with van der Waals surface area (Å²) in [6.07, 6.45) is 1.77. The van der Waals surface area contributed by atoms with Crippen molar-refractivity contribution in [1.82, 2.24) is 4.98 Å². The molecule has 1 aromatic carbocycles. The van der Waals surface area contributed by atoms with Gasteiger partial charge in [0.25, 0.3) is 0 Å². The Balaban J connectivity index is 2.10. The Morgan fingerprint density at radius 1 is 1.35 bits per heavy atom. The van der Waals surface area contributed by atoms with Gasteiger partial charge in [-0.1, -0.05) is 24.4 Å². The first-order valence-corrected chi connectivity index (χ1v) is 6.61. The van der Waals surface area contributed by atoms with Crippen LogP contribution in [0.25, 0.3) is 0 Å². The first kappa shape index (κ1) is 14.3. The molecular formula is C15H17N3OS. The number of aromatic nitrogens is 1. The zero-order chi connectivity index (χ0) is 14.5. The zero-order valence-corrected chi connectivity index (χ0v) is 12.4. The van der Waals surface area contributed by atoms with E-state index in [1.54, 1.807) is 13.3 Å². The number of nitrogens with two attached hydrogens (primary N) is 1. The van der Waals surface area contributed by atoms with Gasteiger partial charge in [0.05, 0.1) is 24.7 Å². The van der Waals surface area contributed by atoms with Gasteiger partial charge >= 0.3 is 0 Å². The highest BCUT2D eigenvalue weighted by Gasteiger charge is 2.05. The Bertz CT molecular complexity index is 598. The second kappa shape index (κ2) is 6.34. The lowest BCUT2D eigenvalue weighted by Crippen LogP contribution is -2.17. The lowest BCUT2D eigenvalue weighted by molar-refractivity contribution is 0.414. The summed E-state index contributed by atoms with van der Waals surface area (Å²) in [6.45, 7) is 0.769. The summed E-state index contributed by atoms with van der Waals surface area (Å²) in [5, 5.41) is 0. The monoisotopic (exact) mass is 287 g/mol. The molecule has 0 saturated carbocycles. The molecule has 20 heavy (non-hydrogen) atoms. The number of nitrogens with zero attached hydrogens (tertiary/aromatic N) is 2. The number of hydrogen-bond acceptors (Lipinski definition) is 4. The van der Waals surface area contributed by atoms with E-state index in [2.05, 4.69) is 16.0 Å². The molecule has 5 heteroatoms. The fourth-order valence-electron chi connectivity index (χ4n) is 1.89. The van der Waals surface area contributed by atoms with Gasteiger partial charge in [0.15, 0.2) is 0 Å². The summed E-state index contributed by atoms with van der Waals surface area (Å²) < 4.78 is 5.23. The highest BCUT2D eigenvalue weighted by atomic mass is 32.1. The van der Waals surface area contributed by atoms with E-state index < -0.39 is 0 Å². The Morgan fingerprint density at radius 2 is 2.15 bits per heavy atom. The van der Waals surface area contributed by atoms with Crippen LogP contribution in [-0.4, -0.2) is 24.1 Å². The molecule has 0 aliphatic heterocycles. The van der Waals surface area contributed by atoms with Crippen molar-refractivity contribution in [2.75, 3.05) is 19.1 Å². The number of ether oxygens (including phenoxy) is 1. The molecule has 2 N–H and O–H groups in total. The highest BCUT2D eigenvalue weighted by molar-refractivity contribution is 7.80. The van der Waals surface area contributed by atoms with Gasteiger partial charge in [0, 0.05) is 13.6 Å². The van der Waals surface area contributed by atoms with E-state index in [0.717, 1.165) is 18.0 Å². The Morgan fingerprint density at radius 3 is 2.75 bits per heavy atom. The topological polar surface area (TPSA) is 51.4 Å². The number of hydrogen-bond donors (Lipinski definition) is 1. The first-order chi connectivity index (χ1) is 9.60. The van der Waals surface area contributed by atoms with Gasteiger partial charge in [0.1, 0.15) is 10.7 Å². The third-order valence-electron chi connectivity index (χ3n) is 2.99. The molecule has 0 atom stereocenters. The Hall–Kier alpha value is -2.14. The highest BCUT2D eigenvalue weighted by Crippen LogP contribution is 2.18. The summed E-state index contributed by atoms with van der Waals surface area (Å²) in [5.74, 6) is 0.859. The fraction of sp³-hybridized carbons (Fsp3) is 0.200. The molecule has 0 amide bonds. The molecule has 0 aliphatic rings. The average Bonchev–Trinajstić information content (AvgIpc) is 2.47. The van der Waals surface area contributed by atoms with Gasteiger partial charge in [-0.25, -0.2) is 0 Å². The average molecular weight is 287 g/mol. The molecule has 104 valence electrons. The van der Waals surface area contributed by atoms with Crippen LogP contribution in [0.3, 0.4) is 0 Å². The molecule has 0 radical (unpaired) electrons. The molecule has 0 bridgehead atoms. The number of methoxy groups -OCH3 is 1. The van der Waals surface area contributed by atoms with Crippen molar-refractivity contribution in [3.63, 3.8) is 0 Å². The lowest BCUT2D eigenvalue weighted by Gasteiger charge is -2.19. The second-order valence-electron chi connectivity index (χ2n) is 4.47. The van der Waals surface area contributed by atoms with Gasteiger partial charge in [0.2, 0.25) is 0 Å². The van der Waals surface area contributed by atoms with Crippen molar-refractivity contribution in [1.29, 1.82) is 0 Å². The Labute approximate surface area is 124 Å². The molecule has 0 fully saturated rings. The molecule has 1 aromatic heterocycles. The Kier molecular flexibility index (Phi) is 4.53. The minimum absolute atomic E-state index is 0.312. The maximum absolute atomic E-state index is 5.54. The quantitative estimate of drug-likeness (QED) is 0.856. The summed E-state index contributed by atoms with van der Waals surface area (Å²) in [6, 6.07) is 11.8. The first-order valence-electron chi connectivity index (χ1n) is 6.20. The van der Waals surface area contributed by atoms with Gasteiger partial charge < -0.3 is 15.4 Å². The maximum Gasteiger partial charge on any atom is 0.122 e. The van der Waals surface area contributed by atoms with Crippen molar-refractivity contribution in [2.45, 2.75) is 6.54 Å². The minimum Gasteiger partial charge on any atom is -0.497 e. The van der Waals surface area contributed by atoms with Gasteiger partial charge in [-0.15, -0.1) is 0 Å². The summed E-state index contributed by atoms with van der Waals surface area (Å²) in [5.41, 5.74) is 8.35. The zero-order valence-electron chi connectivity index (χ0n) is 11.5. The second-order valence-corrected chi connectivity index (χ2v) is 4.91. The van der Waals surface area contributed by atoms with Crippen molar-refractivity contribution in [3.05, 3.63) is 53.9 Å². The van der Waals surface area contributed by atoms with E-state index in [4.69, 9.17) is 22.7 Å². The third kappa shape index (κ3) is 3.45. The van der Waals surface area contributed by atoms with E-state index in [-0.39, 0.29) is 0 Å². The van der Waals surface area contributed by atoms with Crippen LogP contribution in [0.5, 0.6) is 5.75 Å². The van der Waals surface area contributed by atoms with Crippen LogP contribution in [-0.2, 0) is 6.54 Å². The number of rotatable bonds is 5. The molecule has 4 nitrogen and oxygen atoms in total. The van der Waals surface area contributed by atoms with Crippen LogP contribution in [0, 0.1) is 0 Å². The normalized spacial score (nSPS) is 10.1. The lowest BCUT2D eigenvalue weighted by atomic mass is 10.2. The standard InChI is InChI=1S/C15H17N3OS/c1-18(10-11-4-3-5-13(8-11)19-2)12-6-7-14(15(16)20)17-9-12/h3-9H,10H2,1-2H3,(H2,16,20). The number of benzene rings is 1. The number of pyridine rings is 1. The predicted octanol–water partition coefficient (Wildman–Crippen LogP) is 2.36. The van der Waals surface area contributed by atoms with E-state index >= 15 is 0 Å². The SMILES string of the molecule is COc1cccc(CN(C)c2ccc(C(N)=S)nc2)c1. The maximum atomic E-state index is 5.54. The molecule has 0 saturated heterocycles. The predicted molar refractivity (Wildman–Crippen MR) is 85.2 cm³/mol. The van der Waals surface area contributed by atoms with Crippen LogP contribution in [0.4, 0.5) is 5.69 Å². The molecule has 2 aromatic rings. The van der Waals surface area contributed by atoms with E-state index in [1.807, 2.05) is 37.4 Å². The molecule has 0 spiro atoms. The van der Waals surface area contributed by atoms with Crippen LogP contribution < -0.4 is 15.4 Å². The fourth-order valence-corrected chi connectivity index (χ4v) is 2.01. The van der Waals surface area contributed by atoms with Crippen molar-refractivity contribution in [3.8, 4) is 5.75 Å². The molecular weight excluding hydrogens is 270 g/mol. The third-order valence-corrected chi connectivity index (χ3v) is 3.20. The molecule has 0 aliphatic carbocycles. The largest absolute Gasteiger partial charge is 0.497 e. The van der Waals surface area contributed by atoms with Crippen LogP contribution in [0.2, 0.25) is 0 Å². The summed E-state index contributed by atoms with van der Waals surface area (Å²) in [4.78, 5) is 6.66. The smallest absolute Gasteiger partial charge is 0.122 e. The molecule has 1 heterocycles. The summed E-state index contributed by atoms with van der Waals surface area (Å²) >= 11 is 4.89. The van der Waals surface area contributed by atoms with E-state index in [9.17, 15) is 0 Å². The summed E-state index contributed by atoms with van der Waals surface area (Å²) in [7, 11) is 3.68.